The van der Waals surface area contributed by atoms with Crippen LogP contribution in [0.3, 0.4) is 0 Å². The second-order valence-electron chi connectivity index (χ2n) is 5.07. The third-order valence-electron chi connectivity index (χ3n) is 3.04. The number of aromatic nitrogens is 2. The summed E-state index contributed by atoms with van der Waals surface area (Å²) in [6.07, 6.45) is 3.49. The maximum atomic E-state index is 8.99. The maximum Gasteiger partial charge on any atom is 0.121 e. The Labute approximate surface area is 119 Å². The molecule has 20 heavy (non-hydrogen) atoms. The highest BCUT2D eigenvalue weighted by atomic mass is 16.5. The summed E-state index contributed by atoms with van der Waals surface area (Å²) >= 11 is 0. The minimum atomic E-state index is 0.150. The second kappa shape index (κ2) is 6.57. The topological polar surface area (TPSA) is 47.3 Å². The number of aliphatic hydroxyl groups is 1. The van der Waals surface area contributed by atoms with Crippen molar-refractivity contribution in [3.63, 3.8) is 0 Å². The summed E-state index contributed by atoms with van der Waals surface area (Å²) in [4.78, 5) is 4.66. The minimum Gasteiger partial charge on any atom is -0.491 e. The molecule has 0 unspecified atom stereocenters. The summed E-state index contributed by atoms with van der Waals surface area (Å²) in [5.41, 5.74) is 2.01. The number of nitrogens with zero attached hydrogens (tertiary/aromatic N) is 2. The predicted molar refractivity (Wildman–Crippen MR) is 81.1 cm³/mol. The van der Waals surface area contributed by atoms with Gasteiger partial charge in [-0.15, -0.1) is 6.58 Å². The number of aryl methyl sites for hydroxylation is 1. The van der Waals surface area contributed by atoms with E-state index in [9.17, 15) is 0 Å². The Bertz CT molecular complexity index is 587. The van der Waals surface area contributed by atoms with Crippen LogP contribution >= 0.6 is 0 Å². The normalized spacial score (nSPS) is 11.2. The van der Waals surface area contributed by atoms with Crippen molar-refractivity contribution in [2.24, 2.45) is 0 Å². The number of rotatable bonds is 7. The van der Waals surface area contributed by atoms with Gasteiger partial charge in [-0.1, -0.05) is 6.08 Å². The molecule has 0 bridgehead atoms. The molecule has 0 radical (unpaired) electrons. The zero-order chi connectivity index (χ0) is 14.5. The van der Waals surface area contributed by atoms with Crippen LogP contribution in [0.4, 0.5) is 0 Å². The van der Waals surface area contributed by atoms with Crippen LogP contribution in [0, 0.1) is 0 Å². The van der Waals surface area contributed by atoms with Crippen molar-refractivity contribution in [2.75, 3.05) is 6.61 Å². The van der Waals surface area contributed by atoms with Crippen LogP contribution in [0.5, 0.6) is 5.75 Å². The van der Waals surface area contributed by atoms with Gasteiger partial charge in [-0.25, -0.2) is 4.98 Å². The van der Waals surface area contributed by atoms with E-state index >= 15 is 0 Å². The minimum absolute atomic E-state index is 0.150. The van der Waals surface area contributed by atoms with Gasteiger partial charge in [0, 0.05) is 25.6 Å². The molecule has 4 heteroatoms. The second-order valence-corrected chi connectivity index (χ2v) is 5.07. The lowest BCUT2D eigenvalue weighted by Gasteiger charge is -2.09. The highest BCUT2D eigenvalue weighted by Crippen LogP contribution is 2.23. The van der Waals surface area contributed by atoms with E-state index in [1.165, 1.54) is 0 Å². The summed E-state index contributed by atoms with van der Waals surface area (Å²) in [6.45, 7) is 8.72. The van der Waals surface area contributed by atoms with Crippen molar-refractivity contribution in [3.8, 4) is 5.75 Å². The molecular formula is C16H22N2O2. The molecule has 108 valence electrons. The van der Waals surface area contributed by atoms with Crippen LogP contribution in [0.15, 0.2) is 30.9 Å². The van der Waals surface area contributed by atoms with Crippen LogP contribution in [-0.2, 0) is 13.0 Å². The molecule has 0 aliphatic heterocycles. The molecule has 0 spiro atoms. The van der Waals surface area contributed by atoms with E-state index in [0.29, 0.717) is 0 Å². The van der Waals surface area contributed by atoms with Gasteiger partial charge in [0.05, 0.1) is 17.1 Å². The van der Waals surface area contributed by atoms with Gasteiger partial charge >= 0.3 is 0 Å². The van der Waals surface area contributed by atoms with Crippen molar-refractivity contribution in [1.82, 2.24) is 9.55 Å². The van der Waals surface area contributed by atoms with E-state index in [1.807, 2.05) is 38.1 Å². The number of benzene rings is 1. The molecule has 0 aliphatic rings. The molecule has 0 saturated heterocycles. The van der Waals surface area contributed by atoms with Gasteiger partial charge in [-0.05, 0) is 32.4 Å². The van der Waals surface area contributed by atoms with Crippen molar-refractivity contribution < 1.29 is 9.84 Å². The van der Waals surface area contributed by atoms with Gasteiger partial charge in [0.25, 0.3) is 0 Å². The largest absolute Gasteiger partial charge is 0.491 e. The smallest absolute Gasteiger partial charge is 0.121 e. The molecule has 1 heterocycles. The lowest BCUT2D eigenvalue weighted by Crippen LogP contribution is -2.05. The van der Waals surface area contributed by atoms with Gasteiger partial charge in [0.1, 0.15) is 11.6 Å². The quantitative estimate of drug-likeness (QED) is 0.790. The van der Waals surface area contributed by atoms with Crippen LogP contribution in [0.2, 0.25) is 0 Å². The lowest BCUT2D eigenvalue weighted by molar-refractivity contribution is 0.242. The molecule has 0 fully saturated rings. The molecule has 1 N–H and O–H groups in total. The van der Waals surface area contributed by atoms with Crippen molar-refractivity contribution in [1.29, 1.82) is 0 Å². The highest BCUT2D eigenvalue weighted by molar-refractivity contribution is 5.78. The molecule has 1 aromatic heterocycles. The van der Waals surface area contributed by atoms with Gasteiger partial charge < -0.3 is 14.4 Å². The Kier molecular flexibility index (Phi) is 4.79. The number of fused-ring (bicyclic) bond motifs is 1. The van der Waals surface area contributed by atoms with Gasteiger partial charge in [0.2, 0.25) is 0 Å². The average Bonchev–Trinajstić information content (AvgIpc) is 2.73. The first-order valence-corrected chi connectivity index (χ1v) is 7.03. The van der Waals surface area contributed by atoms with E-state index < -0.39 is 0 Å². The van der Waals surface area contributed by atoms with Crippen molar-refractivity contribution >= 4 is 11.0 Å². The van der Waals surface area contributed by atoms with E-state index in [0.717, 1.165) is 42.0 Å². The fraction of sp³-hybridized carbons (Fsp3) is 0.438. The fourth-order valence-electron chi connectivity index (χ4n) is 2.27. The highest BCUT2D eigenvalue weighted by Gasteiger charge is 2.10. The van der Waals surface area contributed by atoms with E-state index in [1.54, 1.807) is 0 Å². The predicted octanol–water partition coefficient (Wildman–Crippen LogP) is 2.93. The Morgan fingerprint density at radius 2 is 2.25 bits per heavy atom. The summed E-state index contributed by atoms with van der Waals surface area (Å²) in [5.74, 6) is 1.82. The number of aliphatic hydroxyl groups excluding tert-OH is 1. The van der Waals surface area contributed by atoms with Gasteiger partial charge in [-0.3, -0.25) is 0 Å². The average molecular weight is 274 g/mol. The molecule has 4 nitrogen and oxygen atoms in total. The Balaban J connectivity index is 2.40. The molecule has 2 aromatic rings. The van der Waals surface area contributed by atoms with Gasteiger partial charge in [-0.2, -0.15) is 0 Å². The number of ether oxygens (including phenoxy) is 1. The first-order valence-electron chi connectivity index (χ1n) is 7.03. The van der Waals surface area contributed by atoms with Crippen LogP contribution in [0.25, 0.3) is 11.0 Å². The molecule has 0 aliphatic carbocycles. The first kappa shape index (κ1) is 14.6. The molecular weight excluding hydrogens is 252 g/mol. The summed E-state index contributed by atoms with van der Waals surface area (Å²) in [5, 5.41) is 8.99. The zero-order valence-corrected chi connectivity index (χ0v) is 12.2. The molecule has 1 aromatic carbocycles. The molecule has 0 amide bonds. The lowest BCUT2D eigenvalue weighted by atomic mass is 10.3. The van der Waals surface area contributed by atoms with Crippen LogP contribution < -0.4 is 4.74 Å². The Morgan fingerprint density at radius 3 is 2.90 bits per heavy atom. The molecule has 0 atom stereocenters. The van der Waals surface area contributed by atoms with Gasteiger partial charge in [0.15, 0.2) is 0 Å². The third kappa shape index (κ3) is 3.20. The Hall–Kier alpha value is -1.81. The standard InChI is InChI=1S/C16H22N2O2/c1-4-9-18-15-8-7-13(20-12(2)3)11-14(15)17-16(18)6-5-10-19/h4,7-8,11-12,19H,1,5-6,9-10H2,2-3H3. The van der Waals surface area contributed by atoms with E-state index in [-0.39, 0.29) is 12.7 Å². The number of hydrogen-bond acceptors (Lipinski definition) is 3. The molecule has 2 rings (SSSR count). The van der Waals surface area contributed by atoms with E-state index in [4.69, 9.17) is 9.84 Å². The third-order valence-corrected chi connectivity index (χ3v) is 3.04. The van der Waals surface area contributed by atoms with Crippen molar-refractivity contribution in [2.45, 2.75) is 39.3 Å². The van der Waals surface area contributed by atoms with Crippen molar-refractivity contribution in [3.05, 3.63) is 36.7 Å². The summed E-state index contributed by atoms with van der Waals surface area (Å²) in [7, 11) is 0. The van der Waals surface area contributed by atoms with Crippen LogP contribution in [0.1, 0.15) is 26.1 Å². The first-order chi connectivity index (χ1) is 9.65. The summed E-state index contributed by atoms with van der Waals surface area (Å²) < 4.78 is 7.84. The van der Waals surface area contributed by atoms with E-state index in [2.05, 4.69) is 16.1 Å². The van der Waals surface area contributed by atoms with Crippen LogP contribution in [-0.4, -0.2) is 27.4 Å². The number of allylic oxidation sites excluding steroid dienone is 1. The SMILES string of the molecule is C=CCn1c(CCCO)nc2cc(OC(C)C)ccc21. The monoisotopic (exact) mass is 274 g/mol. The number of hydrogen-bond donors (Lipinski definition) is 1. The maximum absolute atomic E-state index is 8.99. The zero-order valence-electron chi connectivity index (χ0n) is 12.2. The molecule has 0 saturated carbocycles. The summed E-state index contributed by atoms with van der Waals surface area (Å²) in [6, 6.07) is 5.97. The fourth-order valence-corrected chi connectivity index (χ4v) is 2.27. The Morgan fingerprint density at radius 1 is 1.45 bits per heavy atom. The number of imidazole rings is 1.